The van der Waals surface area contributed by atoms with Crippen molar-refractivity contribution in [2.45, 2.75) is 63.7 Å². The molecule has 0 bridgehead atoms. The summed E-state index contributed by atoms with van der Waals surface area (Å²) >= 11 is 0. The smallest absolute Gasteiger partial charge is 0.320 e. The zero-order valence-electron chi connectivity index (χ0n) is 23.3. The Labute approximate surface area is 237 Å². The molecule has 0 radical (unpaired) electrons. The van der Waals surface area contributed by atoms with E-state index in [1.54, 1.807) is 18.5 Å². The second kappa shape index (κ2) is 10.3. The zero-order valence-corrected chi connectivity index (χ0v) is 23.3. The Morgan fingerprint density at radius 3 is 2.68 bits per heavy atom. The Balaban J connectivity index is 1.34. The number of benzene rings is 2. The molecule has 214 valence electrons. The van der Waals surface area contributed by atoms with Crippen molar-refractivity contribution in [2.24, 2.45) is 18.9 Å². The number of aryl methyl sites for hydroxylation is 1. The number of likely N-dealkylation sites (tertiary alicyclic amines) is 1. The van der Waals surface area contributed by atoms with Crippen molar-refractivity contribution < 1.29 is 18.0 Å². The second-order valence-corrected chi connectivity index (χ2v) is 12.1. The number of nitrogens with zero attached hydrogens (tertiary/aromatic N) is 6. The van der Waals surface area contributed by atoms with Gasteiger partial charge in [0.2, 0.25) is 0 Å². The molecule has 1 aliphatic carbocycles. The van der Waals surface area contributed by atoms with Crippen LogP contribution in [0.25, 0.3) is 0 Å². The van der Waals surface area contributed by atoms with Crippen LogP contribution in [0, 0.1) is 23.2 Å². The Morgan fingerprint density at radius 2 is 2.00 bits per heavy atom. The number of halogens is 3. The number of carbonyl (C=O) groups excluding carboxylic acids is 1. The summed E-state index contributed by atoms with van der Waals surface area (Å²) in [4.78, 5) is 17.4. The highest BCUT2D eigenvalue weighted by Gasteiger charge is 2.50. The van der Waals surface area contributed by atoms with Gasteiger partial charge in [-0.3, -0.25) is 9.69 Å². The third-order valence-corrected chi connectivity index (χ3v) is 9.06. The maximum Gasteiger partial charge on any atom is 0.416 e. The number of piperidine rings is 1. The summed E-state index contributed by atoms with van der Waals surface area (Å²) in [5, 5.41) is 17.7. The van der Waals surface area contributed by atoms with Gasteiger partial charge in [0.25, 0.3) is 5.91 Å². The fourth-order valence-corrected chi connectivity index (χ4v) is 7.14. The predicted octanol–water partition coefficient (Wildman–Crippen LogP) is 5.84. The molecule has 41 heavy (non-hydrogen) atoms. The summed E-state index contributed by atoms with van der Waals surface area (Å²) in [7, 11) is 1.87. The highest BCUT2D eigenvalue weighted by atomic mass is 19.4. The van der Waals surface area contributed by atoms with Crippen molar-refractivity contribution in [2.75, 3.05) is 18.0 Å². The molecule has 1 unspecified atom stereocenters. The molecule has 1 atom stereocenters. The molecule has 2 fully saturated rings. The average molecular weight is 563 g/mol. The Hall–Kier alpha value is -3.71. The number of rotatable bonds is 6. The van der Waals surface area contributed by atoms with Crippen LogP contribution in [0.15, 0.2) is 42.7 Å². The van der Waals surface area contributed by atoms with Gasteiger partial charge in [-0.2, -0.15) is 18.4 Å². The molecule has 1 aromatic heterocycles. The van der Waals surface area contributed by atoms with Crippen LogP contribution in [0.5, 0.6) is 0 Å². The minimum atomic E-state index is -4.57. The van der Waals surface area contributed by atoms with Gasteiger partial charge in [-0.05, 0) is 85.0 Å². The van der Waals surface area contributed by atoms with Crippen molar-refractivity contribution in [1.82, 2.24) is 19.7 Å². The number of hydrogen-bond donors (Lipinski definition) is 0. The van der Waals surface area contributed by atoms with Crippen LogP contribution in [0.3, 0.4) is 0 Å². The summed E-state index contributed by atoms with van der Waals surface area (Å²) in [6.07, 6.45) is 1.08. The van der Waals surface area contributed by atoms with E-state index in [1.807, 2.05) is 29.8 Å². The molecule has 3 aromatic rings. The van der Waals surface area contributed by atoms with Gasteiger partial charge in [-0.25, -0.2) is 0 Å². The molecule has 1 amide bonds. The van der Waals surface area contributed by atoms with Gasteiger partial charge in [0.1, 0.15) is 12.2 Å². The fraction of sp³-hybridized carbons (Fsp3) is 0.484. The molecule has 3 heterocycles. The zero-order chi connectivity index (χ0) is 28.9. The van der Waals surface area contributed by atoms with E-state index in [2.05, 4.69) is 28.1 Å². The van der Waals surface area contributed by atoms with Crippen molar-refractivity contribution in [3.8, 4) is 6.07 Å². The monoisotopic (exact) mass is 562 g/mol. The largest absolute Gasteiger partial charge is 0.416 e. The van der Waals surface area contributed by atoms with Crippen LogP contribution in [0.4, 0.5) is 18.9 Å². The predicted molar refractivity (Wildman–Crippen MR) is 147 cm³/mol. The van der Waals surface area contributed by atoms with Crippen molar-refractivity contribution in [1.29, 1.82) is 5.26 Å². The van der Waals surface area contributed by atoms with E-state index in [1.165, 1.54) is 11.0 Å². The van der Waals surface area contributed by atoms with Gasteiger partial charge in [0, 0.05) is 37.8 Å². The minimum absolute atomic E-state index is 0.0319. The van der Waals surface area contributed by atoms with Crippen molar-refractivity contribution in [3.05, 3.63) is 76.4 Å². The molecular formula is C31H33F3N6O. The number of fused-ring (bicyclic) bond motifs is 1. The Bertz CT molecular complexity index is 1520. The first kappa shape index (κ1) is 27.5. The van der Waals surface area contributed by atoms with E-state index in [9.17, 15) is 23.2 Å². The van der Waals surface area contributed by atoms with Gasteiger partial charge in [0.05, 0.1) is 23.6 Å². The molecule has 1 saturated heterocycles. The lowest BCUT2D eigenvalue weighted by Gasteiger charge is -2.46. The summed E-state index contributed by atoms with van der Waals surface area (Å²) in [5.74, 6) is 1.07. The normalized spacial score (nSPS) is 24.7. The second-order valence-electron chi connectivity index (χ2n) is 12.1. The van der Waals surface area contributed by atoms with E-state index >= 15 is 0 Å². The molecular weight excluding hydrogens is 529 g/mol. The van der Waals surface area contributed by atoms with Gasteiger partial charge in [0.15, 0.2) is 0 Å². The van der Waals surface area contributed by atoms with Crippen LogP contribution in [-0.2, 0) is 31.7 Å². The first-order valence-corrected chi connectivity index (χ1v) is 14.2. The highest BCUT2D eigenvalue weighted by molar-refractivity contribution is 6.10. The number of nitriles is 1. The van der Waals surface area contributed by atoms with Crippen LogP contribution >= 0.6 is 0 Å². The summed E-state index contributed by atoms with van der Waals surface area (Å²) < 4.78 is 44.8. The molecule has 6 rings (SSSR count). The minimum Gasteiger partial charge on any atom is -0.320 e. The summed E-state index contributed by atoms with van der Waals surface area (Å²) in [6, 6.07) is 12.6. The molecule has 7 nitrogen and oxygen atoms in total. The van der Waals surface area contributed by atoms with E-state index in [4.69, 9.17) is 0 Å². The van der Waals surface area contributed by atoms with Gasteiger partial charge in [-0.15, -0.1) is 10.2 Å². The van der Waals surface area contributed by atoms with E-state index in [-0.39, 0.29) is 23.6 Å². The lowest BCUT2D eigenvalue weighted by atomic mass is 9.57. The molecule has 0 spiro atoms. The quantitative estimate of drug-likeness (QED) is 0.378. The maximum absolute atomic E-state index is 14.3. The third kappa shape index (κ3) is 4.90. The third-order valence-electron chi connectivity index (χ3n) is 9.06. The average Bonchev–Trinajstić information content (AvgIpc) is 3.48. The van der Waals surface area contributed by atoms with E-state index in [0.29, 0.717) is 43.0 Å². The first-order valence-electron chi connectivity index (χ1n) is 14.2. The van der Waals surface area contributed by atoms with Crippen molar-refractivity contribution in [3.63, 3.8) is 0 Å². The summed E-state index contributed by atoms with van der Waals surface area (Å²) in [6.45, 7) is 4.11. The lowest BCUT2D eigenvalue weighted by Crippen LogP contribution is -2.44. The fourth-order valence-electron chi connectivity index (χ4n) is 7.14. The first-order chi connectivity index (χ1) is 19.6. The van der Waals surface area contributed by atoms with Crippen LogP contribution < -0.4 is 4.90 Å². The van der Waals surface area contributed by atoms with Gasteiger partial charge >= 0.3 is 6.18 Å². The lowest BCUT2D eigenvalue weighted by molar-refractivity contribution is -0.138. The molecule has 2 aromatic carbocycles. The number of alkyl halides is 3. The van der Waals surface area contributed by atoms with Gasteiger partial charge < -0.3 is 9.47 Å². The maximum atomic E-state index is 14.3. The molecule has 1 saturated carbocycles. The highest BCUT2D eigenvalue weighted by Crippen LogP contribution is 2.53. The number of amides is 1. The molecule has 2 aliphatic heterocycles. The topological polar surface area (TPSA) is 78.1 Å². The number of carbonyl (C=O) groups is 1. The standard InChI is InChI=1S/C31H33F3N6O/c1-20-5-4-10-39(16-20)17-22-11-25-26(27(12-22)31(32,33)34)18-40(28(25)41)24-7-3-6-23(13-24)30(14-21(15-30)8-9-35)29-37-36-19-38(29)2/h3,6-7,11-13,19-21H,4-5,8,10,14-18H2,1-2H3. The SMILES string of the molecule is CC1CCCN(Cc2cc3c(c(C(F)(F)F)c2)CN(c2cccc(C4(c5nncn5C)CC(CC#N)C4)c2)C3=O)C1. The molecule has 3 aliphatic rings. The Kier molecular flexibility index (Phi) is 6.89. The van der Waals surface area contributed by atoms with Crippen molar-refractivity contribution >= 4 is 11.6 Å². The van der Waals surface area contributed by atoms with E-state index in [0.717, 1.165) is 37.3 Å². The van der Waals surface area contributed by atoms with E-state index < -0.39 is 23.1 Å². The Morgan fingerprint density at radius 1 is 1.20 bits per heavy atom. The molecule has 10 heteroatoms. The van der Waals surface area contributed by atoms with Gasteiger partial charge in [-0.1, -0.05) is 19.1 Å². The number of hydrogen-bond acceptors (Lipinski definition) is 5. The number of anilines is 1. The van der Waals surface area contributed by atoms with Crippen LogP contribution in [-0.4, -0.2) is 38.7 Å². The van der Waals surface area contributed by atoms with Crippen LogP contribution in [0.2, 0.25) is 0 Å². The summed E-state index contributed by atoms with van der Waals surface area (Å²) in [5.41, 5.74) is 0.946. The molecule has 0 N–H and O–H groups in total. The van der Waals surface area contributed by atoms with Crippen LogP contribution in [0.1, 0.15) is 77.5 Å². The number of aromatic nitrogens is 3.